The third kappa shape index (κ3) is 7.28. The smallest absolute Gasteiger partial charge is 0.349 e. The molecule has 1 aliphatic carbocycles. The van der Waals surface area contributed by atoms with Gasteiger partial charge in [0.1, 0.15) is 23.0 Å². The molecule has 198 valence electrons. The van der Waals surface area contributed by atoms with Crippen LogP contribution in [0.2, 0.25) is 0 Å². The van der Waals surface area contributed by atoms with Gasteiger partial charge in [-0.15, -0.1) is 0 Å². The fraction of sp³-hybridized carbons (Fsp3) is 0.467. The molecule has 0 atom stereocenters. The van der Waals surface area contributed by atoms with Gasteiger partial charge in [0.05, 0.1) is 25.0 Å². The van der Waals surface area contributed by atoms with E-state index in [0.29, 0.717) is 43.1 Å². The normalized spacial score (nSPS) is 14.3. The number of aromatic nitrogens is 1. The van der Waals surface area contributed by atoms with Crippen LogP contribution in [-0.2, 0) is 16.0 Å². The first-order chi connectivity index (χ1) is 17.8. The van der Waals surface area contributed by atoms with Crippen LogP contribution in [0.5, 0.6) is 17.2 Å². The summed E-state index contributed by atoms with van der Waals surface area (Å²) in [6, 6.07) is 15.2. The Labute approximate surface area is 219 Å². The van der Waals surface area contributed by atoms with Crippen LogP contribution in [0.15, 0.2) is 52.9 Å². The van der Waals surface area contributed by atoms with Crippen molar-refractivity contribution in [3.8, 4) is 28.7 Å². The molecule has 37 heavy (non-hydrogen) atoms. The second kappa shape index (κ2) is 12.2. The van der Waals surface area contributed by atoms with Crippen molar-refractivity contribution in [1.29, 1.82) is 0 Å². The number of ether oxygens (including phenoxy) is 4. The summed E-state index contributed by atoms with van der Waals surface area (Å²) in [5.74, 6) is 3.15. The Kier molecular flexibility index (Phi) is 8.74. The first-order valence-corrected chi connectivity index (χ1v) is 13.2. The quantitative estimate of drug-likeness (QED) is 0.267. The molecule has 2 aromatic carbocycles. The monoisotopic (exact) mass is 507 g/mol. The summed E-state index contributed by atoms with van der Waals surface area (Å²) in [6.45, 7) is 7.82. The fourth-order valence-electron chi connectivity index (χ4n) is 4.35. The van der Waals surface area contributed by atoms with Crippen LogP contribution < -0.4 is 14.2 Å². The minimum absolute atomic E-state index is 0.312. The van der Waals surface area contributed by atoms with Crippen molar-refractivity contribution in [2.24, 2.45) is 0 Å². The fourth-order valence-corrected chi connectivity index (χ4v) is 4.35. The Balaban J connectivity index is 1.28. The minimum Gasteiger partial charge on any atom is -0.493 e. The number of carbonyl (C=O) groups excluding carboxylic acids is 1. The molecule has 0 unspecified atom stereocenters. The third-order valence-electron chi connectivity index (χ3n) is 6.42. The number of hydrogen-bond donors (Lipinski definition) is 0. The lowest BCUT2D eigenvalue weighted by Gasteiger charge is -2.24. The number of rotatable bonds is 11. The highest BCUT2D eigenvalue weighted by Crippen LogP contribution is 2.28. The van der Waals surface area contributed by atoms with Crippen LogP contribution in [-0.4, -0.2) is 35.9 Å². The Hall–Kier alpha value is -3.48. The van der Waals surface area contributed by atoms with E-state index < -0.39 is 11.6 Å². The Morgan fingerprint density at radius 1 is 0.973 bits per heavy atom. The van der Waals surface area contributed by atoms with E-state index in [2.05, 4.69) is 0 Å². The second-order valence-electron chi connectivity index (χ2n) is 9.83. The highest BCUT2D eigenvalue weighted by molar-refractivity contribution is 5.79. The molecule has 0 N–H and O–H groups in total. The van der Waals surface area contributed by atoms with Gasteiger partial charge in [0.2, 0.25) is 5.89 Å². The molecule has 7 nitrogen and oxygen atoms in total. The molecule has 3 aromatic rings. The van der Waals surface area contributed by atoms with Crippen molar-refractivity contribution >= 4 is 5.97 Å². The Morgan fingerprint density at radius 3 is 2.30 bits per heavy atom. The van der Waals surface area contributed by atoms with E-state index in [1.165, 1.54) is 19.3 Å². The van der Waals surface area contributed by atoms with Gasteiger partial charge in [-0.3, -0.25) is 0 Å². The van der Waals surface area contributed by atoms with Crippen LogP contribution in [0.1, 0.15) is 64.3 Å². The number of benzene rings is 2. The van der Waals surface area contributed by atoms with Crippen molar-refractivity contribution in [1.82, 2.24) is 4.98 Å². The van der Waals surface area contributed by atoms with Crippen molar-refractivity contribution in [2.45, 2.75) is 77.9 Å². The van der Waals surface area contributed by atoms with E-state index in [0.717, 1.165) is 35.6 Å². The number of nitrogens with zero attached hydrogens (tertiary/aromatic N) is 1. The molecule has 0 bridgehead atoms. The molecule has 0 amide bonds. The van der Waals surface area contributed by atoms with Gasteiger partial charge in [0, 0.05) is 12.0 Å². The summed E-state index contributed by atoms with van der Waals surface area (Å²) < 4.78 is 28.8. The van der Waals surface area contributed by atoms with E-state index in [-0.39, 0.29) is 0 Å². The summed E-state index contributed by atoms with van der Waals surface area (Å²) in [5.41, 5.74) is 0.727. The van der Waals surface area contributed by atoms with Crippen LogP contribution in [0, 0.1) is 6.92 Å². The predicted octanol–water partition coefficient (Wildman–Crippen LogP) is 6.70. The highest BCUT2D eigenvalue weighted by atomic mass is 16.6. The molecule has 0 aliphatic heterocycles. The van der Waals surface area contributed by atoms with Gasteiger partial charge in [-0.05, 0) is 102 Å². The summed E-state index contributed by atoms with van der Waals surface area (Å²) in [4.78, 5) is 16.7. The van der Waals surface area contributed by atoms with E-state index in [1.807, 2.05) is 43.3 Å². The summed E-state index contributed by atoms with van der Waals surface area (Å²) >= 11 is 0. The lowest BCUT2D eigenvalue weighted by molar-refractivity contribution is -0.158. The van der Waals surface area contributed by atoms with Crippen molar-refractivity contribution in [3.63, 3.8) is 0 Å². The molecule has 1 heterocycles. The molecule has 1 saturated carbocycles. The van der Waals surface area contributed by atoms with E-state index in [9.17, 15) is 4.79 Å². The Morgan fingerprint density at radius 2 is 1.62 bits per heavy atom. The number of oxazole rings is 1. The maximum absolute atomic E-state index is 12.0. The standard InChI is InChI=1S/C30H37NO6/c1-5-33-29(32)30(3,4)37-26-17-15-23(16-18-26)34-20-19-27-21(2)35-28(31-27)22-11-13-25(14-12-22)36-24-9-7-6-8-10-24/h11-18,24H,5-10,19-20H2,1-4H3. The van der Waals surface area contributed by atoms with Crippen LogP contribution >= 0.6 is 0 Å². The molecular formula is C30H37NO6. The summed E-state index contributed by atoms with van der Waals surface area (Å²) in [6.07, 6.45) is 7.03. The minimum atomic E-state index is -1.07. The third-order valence-corrected chi connectivity index (χ3v) is 6.42. The average Bonchev–Trinajstić information content (AvgIpc) is 3.26. The van der Waals surface area contributed by atoms with E-state index in [4.69, 9.17) is 28.3 Å². The van der Waals surface area contributed by atoms with Gasteiger partial charge in [0.25, 0.3) is 0 Å². The van der Waals surface area contributed by atoms with Crippen LogP contribution in [0.3, 0.4) is 0 Å². The predicted molar refractivity (Wildman–Crippen MR) is 141 cm³/mol. The average molecular weight is 508 g/mol. The van der Waals surface area contributed by atoms with Gasteiger partial charge in [-0.2, -0.15) is 0 Å². The molecule has 7 heteroatoms. The van der Waals surface area contributed by atoms with Gasteiger partial charge in [0.15, 0.2) is 5.60 Å². The molecule has 4 rings (SSSR count). The summed E-state index contributed by atoms with van der Waals surface area (Å²) in [5, 5.41) is 0. The van der Waals surface area contributed by atoms with Crippen molar-refractivity contribution < 1.29 is 28.2 Å². The number of carbonyl (C=O) groups is 1. The zero-order valence-corrected chi connectivity index (χ0v) is 22.2. The molecule has 1 aromatic heterocycles. The zero-order valence-electron chi connectivity index (χ0n) is 22.2. The molecular weight excluding hydrogens is 470 g/mol. The SMILES string of the molecule is CCOC(=O)C(C)(C)Oc1ccc(OCCc2nc(-c3ccc(OC4CCCCC4)cc3)oc2C)cc1. The van der Waals surface area contributed by atoms with Crippen molar-refractivity contribution in [3.05, 3.63) is 60.0 Å². The second-order valence-corrected chi connectivity index (χ2v) is 9.83. The largest absolute Gasteiger partial charge is 0.493 e. The van der Waals surface area contributed by atoms with Crippen LogP contribution in [0.25, 0.3) is 11.5 Å². The van der Waals surface area contributed by atoms with Gasteiger partial charge in [-0.1, -0.05) is 6.42 Å². The van der Waals surface area contributed by atoms with Gasteiger partial charge in [-0.25, -0.2) is 9.78 Å². The lowest BCUT2D eigenvalue weighted by Crippen LogP contribution is -2.39. The maximum Gasteiger partial charge on any atom is 0.349 e. The zero-order chi connectivity index (χ0) is 26.3. The number of aryl methyl sites for hydroxylation is 1. The topological polar surface area (TPSA) is 80.0 Å². The van der Waals surface area contributed by atoms with Gasteiger partial charge >= 0.3 is 5.97 Å². The summed E-state index contributed by atoms with van der Waals surface area (Å²) in [7, 11) is 0. The number of hydrogen-bond acceptors (Lipinski definition) is 7. The number of esters is 1. The molecule has 1 aliphatic rings. The van der Waals surface area contributed by atoms with Crippen LogP contribution in [0.4, 0.5) is 0 Å². The van der Waals surface area contributed by atoms with Gasteiger partial charge < -0.3 is 23.4 Å². The van der Waals surface area contributed by atoms with E-state index in [1.54, 1.807) is 32.9 Å². The highest BCUT2D eigenvalue weighted by Gasteiger charge is 2.31. The Bertz CT molecular complexity index is 1140. The first kappa shape index (κ1) is 26.6. The van der Waals surface area contributed by atoms with E-state index >= 15 is 0 Å². The molecule has 0 spiro atoms. The molecule has 0 radical (unpaired) electrons. The van der Waals surface area contributed by atoms with Crippen molar-refractivity contribution in [2.75, 3.05) is 13.2 Å². The molecule has 1 fully saturated rings. The maximum atomic E-state index is 12.0. The lowest BCUT2D eigenvalue weighted by atomic mass is 9.98. The first-order valence-electron chi connectivity index (χ1n) is 13.2. The molecule has 0 saturated heterocycles.